The Bertz CT molecular complexity index is 1330. The number of alkyl halides is 3. The van der Waals surface area contributed by atoms with Crippen LogP contribution in [0.15, 0.2) is 54.6 Å². The van der Waals surface area contributed by atoms with Gasteiger partial charge >= 0.3 is 6.18 Å². The second-order valence-corrected chi connectivity index (χ2v) is 10.7. The summed E-state index contributed by atoms with van der Waals surface area (Å²) < 4.78 is 39.2. The Morgan fingerprint density at radius 1 is 1.00 bits per heavy atom. The highest BCUT2D eigenvalue weighted by atomic mass is 32.1. The molecule has 6 nitrogen and oxygen atoms in total. The van der Waals surface area contributed by atoms with E-state index in [1.807, 2.05) is 28.0 Å². The monoisotopic (exact) mass is 539 g/mol. The normalized spacial score (nSPS) is 16.6. The van der Waals surface area contributed by atoms with Crippen molar-refractivity contribution in [2.45, 2.75) is 25.7 Å². The number of nitrogens with one attached hydrogen (secondary N) is 1. The molecular weight excluding hydrogens is 511 g/mol. The lowest BCUT2D eigenvalue weighted by Crippen LogP contribution is -2.48. The van der Waals surface area contributed by atoms with Crippen LogP contribution >= 0.6 is 11.3 Å². The molecule has 1 aromatic heterocycles. The van der Waals surface area contributed by atoms with Gasteiger partial charge in [0.25, 0.3) is 0 Å². The molecule has 2 aliphatic rings. The van der Waals surface area contributed by atoms with Gasteiger partial charge in [0.05, 0.1) is 17.7 Å². The number of fused-ring (bicyclic) bond motifs is 1. The summed E-state index contributed by atoms with van der Waals surface area (Å²) in [5.41, 5.74) is 2.72. The molecule has 0 saturated carbocycles. The maximum atomic E-state index is 13.1. The summed E-state index contributed by atoms with van der Waals surface area (Å²) >= 11 is 1.48. The van der Waals surface area contributed by atoms with Gasteiger partial charge in [-0.25, -0.2) is 0 Å². The molecule has 2 aliphatic heterocycles. The molecule has 0 aliphatic carbocycles. The molecule has 0 radical (unpaired) electrons. The number of hydrogen-bond donors (Lipinski definition) is 1. The van der Waals surface area contributed by atoms with Gasteiger partial charge in [-0.15, -0.1) is 11.3 Å². The summed E-state index contributed by atoms with van der Waals surface area (Å²) in [7, 11) is 0. The van der Waals surface area contributed by atoms with Gasteiger partial charge in [-0.05, 0) is 35.7 Å². The molecule has 3 heterocycles. The number of piperazine rings is 1. The van der Waals surface area contributed by atoms with Crippen molar-refractivity contribution in [1.82, 2.24) is 9.80 Å². The zero-order chi connectivity index (χ0) is 26.7. The highest BCUT2D eigenvalue weighted by Gasteiger charge is 2.31. The van der Waals surface area contributed by atoms with E-state index in [9.17, 15) is 23.2 Å². The lowest BCUT2D eigenvalue weighted by molar-refractivity contribution is -0.137. The number of anilines is 2. The van der Waals surface area contributed by atoms with Crippen molar-refractivity contribution in [3.8, 4) is 6.07 Å². The highest BCUT2D eigenvalue weighted by molar-refractivity contribution is 7.16. The molecule has 0 unspecified atom stereocenters. The van der Waals surface area contributed by atoms with Crippen LogP contribution in [0, 0.1) is 11.3 Å². The molecule has 3 aromatic rings. The largest absolute Gasteiger partial charge is 0.416 e. The first-order chi connectivity index (χ1) is 18.3. The number of nitrogens with zero attached hydrogens (tertiary/aromatic N) is 4. The third-order valence-corrected chi connectivity index (χ3v) is 8.16. The van der Waals surface area contributed by atoms with Crippen LogP contribution in [-0.2, 0) is 30.5 Å². The van der Waals surface area contributed by atoms with Gasteiger partial charge in [-0.3, -0.25) is 14.6 Å². The molecule has 0 bridgehead atoms. The summed E-state index contributed by atoms with van der Waals surface area (Å²) in [5.74, 6) is -0.186. The van der Waals surface area contributed by atoms with Gasteiger partial charge < -0.3 is 10.2 Å². The van der Waals surface area contributed by atoms with Crippen molar-refractivity contribution < 1.29 is 18.0 Å². The Hall–Kier alpha value is -3.39. The fraction of sp³-hybridized carbons (Fsp3) is 0.357. The lowest BCUT2D eigenvalue weighted by atomic mass is 10.0. The molecule has 1 saturated heterocycles. The van der Waals surface area contributed by atoms with Gasteiger partial charge in [0.15, 0.2) is 0 Å². The number of thiophene rings is 1. The Morgan fingerprint density at radius 3 is 2.47 bits per heavy atom. The number of rotatable bonds is 6. The van der Waals surface area contributed by atoms with Crippen LogP contribution in [0.2, 0.25) is 0 Å². The standard InChI is InChI=1S/C28H28F3N5OS/c29-28(30,31)21-7-4-8-22(15-21)36-13-11-34(12-14-36)19-26(37)33-27-24(16-32)23-9-10-35(18-25(23)38-27)17-20-5-2-1-3-6-20/h1-8,15H,9-14,17-19H2,(H,33,37). The van der Waals surface area contributed by atoms with Crippen molar-refractivity contribution in [3.63, 3.8) is 0 Å². The molecule has 0 spiro atoms. The van der Waals surface area contributed by atoms with Crippen LogP contribution in [0.1, 0.15) is 27.1 Å². The Kier molecular flexibility index (Phi) is 7.70. The third-order valence-electron chi connectivity index (χ3n) is 7.03. The maximum absolute atomic E-state index is 13.1. The topological polar surface area (TPSA) is 62.6 Å². The predicted octanol–water partition coefficient (Wildman–Crippen LogP) is 4.96. The van der Waals surface area contributed by atoms with Crippen molar-refractivity contribution in [2.24, 2.45) is 0 Å². The number of carbonyl (C=O) groups is 1. The first kappa shape index (κ1) is 26.2. The molecule has 198 valence electrons. The minimum Gasteiger partial charge on any atom is -0.369 e. The molecule has 1 N–H and O–H groups in total. The molecule has 5 rings (SSSR count). The van der Waals surface area contributed by atoms with E-state index in [1.54, 1.807) is 6.07 Å². The van der Waals surface area contributed by atoms with Crippen molar-refractivity contribution in [1.29, 1.82) is 5.26 Å². The minimum absolute atomic E-state index is 0.171. The Morgan fingerprint density at radius 2 is 1.76 bits per heavy atom. The van der Waals surface area contributed by atoms with E-state index < -0.39 is 11.7 Å². The van der Waals surface area contributed by atoms with Crippen molar-refractivity contribution >= 4 is 27.9 Å². The quantitative estimate of drug-likeness (QED) is 0.480. The first-order valence-corrected chi connectivity index (χ1v) is 13.4. The number of hydrogen-bond acceptors (Lipinski definition) is 6. The van der Waals surface area contributed by atoms with Crippen LogP contribution in [0.4, 0.5) is 23.9 Å². The zero-order valence-electron chi connectivity index (χ0n) is 20.8. The van der Waals surface area contributed by atoms with E-state index in [1.165, 1.54) is 29.0 Å². The SMILES string of the molecule is N#Cc1c(NC(=O)CN2CCN(c3cccc(C(F)(F)F)c3)CC2)sc2c1CCN(Cc1ccccc1)C2. The van der Waals surface area contributed by atoms with E-state index in [2.05, 4.69) is 28.4 Å². The molecule has 10 heteroatoms. The number of carbonyl (C=O) groups excluding carboxylic acids is 1. The second kappa shape index (κ2) is 11.2. The Labute approximate surface area is 223 Å². The summed E-state index contributed by atoms with van der Waals surface area (Å²) in [4.78, 5) is 20.2. The number of halogens is 3. The van der Waals surface area contributed by atoms with Crippen LogP contribution in [0.5, 0.6) is 0 Å². The molecule has 1 fully saturated rings. The van der Waals surface area contributed by atoms with Crippen molar-refractivity contribution in [3.05, 3.63) is 81.7 Å². The summed E-state index contributed by atoms with van der Waals surface area (Å²) in [6.45, 7) is 4.80. The van der Waals surface area contributed by atoms with Crippen LogP contribution < -0.4 is 10.2 Å². The van der Waals surface area contributed by atoms with Gasteiger partial charge in [0.2, 0.25) is 5.91 Å². The molecule has 0 atom stereocenters. The van der Waals surface area contributed by atoms with Gasteiger partial charge in [-0.1, -0.05) is 36.4 Å². The van der Waals surface area contributed by atoms with Gasteiger partial charge in [0, 0.05) is 56.4 Å². The molecule has 1 amide bonds. The van der Waals surface area contributed by atoms with Crippen molar-refractivity contribution in [2.75, 3.05) is 49.5 Å². The van der Waals surface area contributed by atoms with Crippen LogP contribution in [0.25, 0.3) is 0 Å². The smallest absolute Gasteiger partial charge is 0.369 e. The number of benzene rings is 2. The van der Waals surface area contributed by atoms with Crippen LogP contribution in [0.3, 0.4) is 0 Å². The molecular formula is C28H28F3N5OS. The van der Waals surface area contributed by atoms with Crippen LogP contribution in [-0.4, -0.2) is 55.0 Å². The van der Waals surface area contributed by atoms with E-state index in [-0.39, 0.29) is 12.5 Å². The van der Waals surface area contributed by atoms with Gasteiger partial charge in [0.1, 0.15) is 11.1 Å². The van der Waals surface area contributed by atoms with Gasteiger partial charge in [-0.2, -0.15) is 18.4 Å². The molecule has 38 heavy (non-hydrogen) atoms. The Balaban J connectivity index is 1.16. The predicted molar refractivity (Wildman–Crippen MR) is 142 cm³/mol. The fourth-order valence-electron chi connectivity index (χ4n) is 5.05. The summed E-state index contributed by atoms with van der Waals surface area (Å²) in [6, 6.07) is 17.9. The van der Waals surface area contributed by atoms with E-state index >= 15 is 0 Å². The zero-order valence-corrected chi connectivity index (χ0v) is 21.6. The lowest BCUT2D eigenvalue weighted by Gasteiger charge is -2.35. The maximum Gasteiger partial charge on any atom is 0.416 e. The first-order valence-electron chi connectivity index (χ1n) is 12.6. The van der Waals surface area contributed by atoms with E-state index in [0.29, 0.717) is 42.4 Å². The third kappa shape index (κ3) is 6.01. The average Bonchev–Trinajstić information content (AvgIpc) is 3.25. The minimum atomic E-state index is -4.38. The number of amides is 1. The number of nitriles is 1. The van der Waals surface area contributed by atoms with E-state index in [4.69, 9.17) is 0 Å². The van der Waals surface area contributed by atoms with E-state index in [0.717, 1.165) is 42.6 Å². The average molecular weight is 540 g/mol. The highest BCUT2D eigenvalue weighted by Crippen LogP contribution is 2.37. The summed E-state index contributed by atoms with van der Waals surface area (Å²) in [5, 5.41) is 13.4. The second-order valence-electron chi connectivity index (χ2n) is 9.63. The summed E-state index contributed by atoms with van der Waals surface area (Å²) in [6.07, 6.45) is -3.60. The fourth-order valence-corrected chi connectivity index (χ4v) is 6.31. The molecule has 2 aromatic carbocycles.